The number of halogens is 1. The molecule has 1 amide bonds. The van der Waals surface area contributed by atoms with Crippen LogP contribution in [0, 0.1) is 12.7 Å². The van der Waals surface area contributed by atoms with E-state index in [9.17, 15) is 14.3 Å². The molecule has 2 atom stereocenters. The Bertz CT molecular complexity index is 1320. The maximum absolute atomic E-state index is 14.3. The first kappa shape index (κ1) is 22.1. The number of carbonyl (C=O) groups excluding carboxylic acids is 1. The summed E-state index contributed by atoms with van der Waals surface area (Å²) in [6, 6.07) is 21.7. The van der Waals surface area contributed by atoms with Crippen molar-refractivity contribution in [2.24, 2.45) is 0 Å². The van der Waals surface area contributed by atoms with E-state index in [1.165, 1.54) is 11.0 Å². The summed E-state index contributed by atoms with van der Waals surface area (Å²) in [4.78, 5) is 19.1. The number of benzene rings is 3. The maximum atomic E-state index is 14.3. The minimum atomic E-state index is -0.780. The van der Waals surface area contributed by atoms with E-state index in [0.717, 1.165) is 16.6 Å². The molecule has 0 unspecified atom stereocenters. The number of aliphatic hydroxyl groups excluding tert-OH is 1. The summed E-state index contributed by atoms with van der Waals surface area (Å²) in [5, 5.41) is 10.8. The molecule has 3 aromatic carbocycles. The largest absolute Gasteiger partial charge is 0.491 e. The van der Waals surface area contributed by atoms with Crippen molar-refractivity contribution in [1.29, 1.82) is 0 Å². The number of imidazole rings is 1. The van der Waals surface area contributed by atoms with E-state index in [0.29, 0.717) is 18.1 Å². The van der Waals surface area contributed by atoms with Crippen LogP contribution in [0.1, 0.15) is 23.7 Å². The monoisotopic (exact) mass is 459 g/mol. The number of hydrogen-bond donors (Lipinski definition) is 1. The second-order valence-electron chi connectivity index (χ2n) is 8.70. The molecule has 0 bridgehead atoms. The Labute approximate surface area is 197 Å². The van der Waals surface area contributed by atoms with Crippen LogP contribution >= 0.6 is 0 Å². The van der Waals surface area contributed by atoms with Crippen molar-refractivity contribution in [3.05, 3.63) is 90.0 Å². The zero-order valence-corrected chi connectivity index (χ0v) is 18.9. The van der Waals surface area contributed by atoms with Gasteiger partial charge in [0.1, 0.15) is 30.1 Å². The van der Waals surface area contributed by atoms with Gasteiger partial charge in [-0.2, -0.15) is 0 Å². The molecule has 1 N–H and O–H groups in total. The number of fused-ring (bicyclic) bond motifs is 1. The van der Waals surface area contributed by atoms with Crippen LogP contribution in [0.4, 0.5) is 10.1 Å². The number of aliphatic hydroxyl groups is 1. The number of nitrogens with zero attached hydrogens (tertiary/aromatic N) is 3. The van der Waals surface area contributed by atoms with E-state index < -0.39 is 11.9 Å². The van der Waals surface area contributed by atoms with Gasteiger partial charge >= 0.3 is 0 Å². The van der Waals surface area contributed by atoms with Crippen molar-refractivity contribution >= 4 is 22.6 Å². The van der Waals surface area contributed by atoms with Crippen molar-refractivity contribution in [2.75, 3.05) is 18.1 Å². The van der Waals surface area contributed by atoms with Crippen LogP contribution in [-0.2, 0) is 11.3 Å². The van der Waals surface area contributed by atoms with Crippen LogP contribution in [0.3, 0.4) is 0 Å². The molecule has 1 aromatic heterocycles. The number of rotatable bonds is 7. The molecule has 1 fully saturated rings. The molecule has 1 aliphatic rings. The number of anilines is 1. The van der Waals surface area contributed by atoms with Gasteiger partial charge < -0.3 is 19.3 Å². The number of amides is 1. The fraction of sp³-hybridized carbons (Fsp3) is 0.259. The molecule has 5 rings (SSSR count). The SMILES string of the molecule is Cc1ccc(OC[C@@H](O)Cn2c([C@H]3CC(=O)N(c4ccccc4F)C3)nc3ccccc32)cc1. The average molecular weight is 460 g/mol. The summed E-state index contributed by atoms with van der Waals surface area (Å²) in [7, 11) is 0. The number of ether oxygens (including phenoxy) is 1. The van der Waals surface area contributed by atoms with E-state index in [2.05, 4.69) is 0 Å². The number of hydrogen-bond acceptors (Lipinski definition) is 4. The van der Waals surface area contributed by atoms with Crippen molar-refractivity contribution in [2.45, 2.75) is 31.9 Å². The summed E-state index contributed by atoms with van der Waals surface area (Å²) in [5.74, 6) is 0.625. The standard InChI is InChI=1S/C27H26FN3O3/c1-18-10-12-21(13-11-18)34-17-20(32)16-31-25-9-5-3-7-23(25)29-27(31)19-14-26(33)30(15-19)24-8-4-2-6-22(24)28/h2-13,19-20,32H,14-17H2,1H3/t19-,20-/m0/s1. The first-order valence-electron chi connectivity index (χ1n) is 11.4. The van der Waals surface area contributed by atoms with Crippen LogP contribution in [0.5, 0.6) is 5.75 Å². The van der Waals surface area contributed by atoms with Gasteiger partial charge in [-0.05, 0) is 43.3 Å². The van der Waals surface area contributed by atoms with Crippen molar-refractivity contribution in [3.63, 3.8) is 0 Å². The highest BCUT2D eigenvalue weighted by atomic mass is 19.1. The molecule has 2 heterocycles. The lowest BCUT2D eigenvalue weighted by Gasteiger charge is -2.19. The van der Waals surface area contributed by atoms with E-state index in [1.807, 2.05) is 60.0 Å². The Kier molecular flexibility index (Phi) is 6.02. The first-order valence-corrected chi connectivity index (χ1v) is 11.4. The van der Waals surface area contributed by atoms with Crippen LogP contribution in [0.25, 0.3) is 11.0 Å². The van der Waals surface area contributed by atoms with Crippen LogP contribution in [0.2, 0.25) is 0 Å². The zero-order chi connectivity index (χ0) is 23.7. The number of aromatic nitrogens is 2. The molecule has 6 nitrogen and oxygen atoms in total. The lowest BCUT2D eigenvalue weighted by Crippen LogP contribution is -2.27. The van der Waals surface area contributed by atoms with E-state index in [-0.39, 0.29) is 37.1 Å². The fourth-order valence-electron chi connectivity index (χ4n) is 4.47. The zero-order valence-electron chi connectivity index (χ0n) is 18.9. The van der Waals surface area contributed by atoms with Crippen LogP contribution in [0.15, 0.2) is 72.8 Å². The molecular formula is C27H26FN3O3. The second kappa shape index (κ2) is 9.27. The van der Waals surface area contributed by atoms with E-state index in [1.54, 1.807) is 18.2 Å². The Morgan fingerprint density at radius 2 is 1.82 bits per heavy atom. The van der Waals surface area contributed by atoms with Gasteiger partial charge in [-0.25, -0.2) is 9.37 Å². The van der Waals surface area contributed by atoms with Crippen molar-refractivity contribution < 1.29 is 19.0 Å². The summed E-state index contributed by atoms with van der Waals surface area (Å²) in [6.45, 7) is 2.73. The molecule has 0 spiro atoms. The van der Waals surface area contributed by atoms with Gasteiger partial charge in [0, 0.05) is 18.9 Å². The molecule has 0 saturated carbocycles. The van der Waals surface area contributed by atoms with E-state index >= 15 is 0 Å². The van der Waals surface area contributed by atoms with Gasteiger partial charge in [0.05, 0.1) is 23.3 Å². The van der Waals surface area contributed by atoms with Crippen molar-refractivity contribution in [1.82, 2.24) is 9.55 Å². The Hall–Kier alpha value is -3.71. The first-order chi connectivity index (χ1) is 16.5. The molecule has 0 aliphatic carbocycles. The highest BCUT2D eigenvalue weighted by Gasteiger charge is 2.36. The van der Waals surface area contributed by atoms with Gasteiger partial charge in [-0.3, -0.25) is 4.79 Å². The average Bonchev–Trinajstić information content (AvgIpc) is 3.39. The van der Waals surface area contributed by atoms with Gasteiger partial charge in [-0.1, -0.05) is 42.0 Å². The van der Waals surface area contributed by atoms with Gasteiger partial charge in [0.2, 0.25) is 5.91 Å². The van der Waals surface area contributed by atoms with Gasteiger partial charge in [0.15, 0.2) is 0 Å². The molecule has 0 radical (unpaired) electrons. The van der Waals surface area contributed by atoms with Crippen LogP contribution < -0.4 is 9.64 Å². The summed E-state index contributed by atoms with van der Waals surface area (Å²) >= 11 is 0. The van der Waals surface area contributed by atoms with Gasteiger partial charge in [-0.15, -0.1) is 0 Å². The lowest BCUT2D eigenvalue weighted by atomic mass is 10.1. The normalized spacial score (nSPS) is 16.9. The fourth-order valence-corrected chi connectivity index (χ4v) is 4.47. The predicted molar refractivity (Wildman–Crippen MR) is 129 cm³/mol. The molecule has 34 heavy (non-hydrogen) atoms. The van der Waals surface area contributed by atoms with Crippen LogP contribution in [-0.4, -0.2) is 39.8 Å². The number of para-hydroxylation sites is 3. The molecular weight excluding hydrogens is 433 g/mol. The molecule has 1 aliphatic heterocycles. The quantitative estimate of drug-likeness (QED) is 0.444. The predicted octanol–water partition coefficient (Wildman–Crippen LogP) is 4.44. The lowest BCUT2D eigenvalue weighted by molar-refractivity contribution is -0.117. The molecule has 174 valence electrons. The highest BCUT2D eigenvalue weighted by Crippen LogP contribution is 2.34. The Morgan fingerprint density at radius 3 is 2.62 bits per heavy atom. The summed E-state index contributed by atoms with van der Waals surface area (Å²) < 4.78 is 22.1. The minimum absolute atomic E-state index is 0.125. The van der Waals surface area contributed by atoms with Crippen molar-refractivity contribution in [3.8, 4) is 5.75 Å². The number of aryl methyl sites for hydroxylation is 1. The highest BCUT2D eigenvalue weighted by molar-refractivity contribution is 5.96. The Balaban J connectivity index is 1.38. The smallest absolute Gasteiger partial charge is 0.227 e. The topological polar surface area (TPSA) is 67.6 Å². The Morgan fingerprint density at radius 1 is 1.09 bits per heavy atom. The molecule has 7 heteroatoms. The third-order valence-corrected chi connectivity index (χ3v) is 6.17. The van der Waals surface area contributed by atoms with Gasteiger partial charge in [0.25, 0.3) is 0 Å². The van der Waals surface area contributed by atoms with E-state index in [4.69, 9.17) is 9.72 Å². The molecule has 1 saturated heterocycles. The third-order valence-electron chi connectivity index (χ3n) is 6.17. The summed E-state index contributed by atoms with van der Waals surface area (Å²) in [6.07, 6.45) is -0.550. The minimum Gasteiger partial charge on any atom is -0.491 e. The summed E-state index contributed by atoms with van der Waals surface area (Å²) in [5.41, 5.74) is 3.09. The molecule has 4 aromatic rings. The third kappa shape index (κ3) is 4.39. The second-order valence-corrected chi connectivity index (χ2v) is 8.70. The maximum Gasteiger partial charge on any atom is 0.227 e. The number of carbonyl (C=O) groups is 1.